The predicted octanol–water partition coefficient (Wildman–Crippen LogP) is 3.47. The Morgan fingerprint density at radius 2 is 1.75 bits per heavy atom. The quantitative estimate of drug-likeness (QED) is 0.622. The third-order valence-corrected chi connectivity index (χ3v) is 4.13. The number of methoxy groups -OCH3 is 1. The molecule has 2 aromatic carbocycles. The first-order valence-corrected chi connectivity index (χ1v) is 8.31. The maximum absolute atomic E-state index is 13.4. The van der Waals surface area contributed by atoms with Crippen molar-refractivity contribution in [1.82, 2.24) is 20.2 Å². The number of aromatic hydroxyl groups is 2. The van der Waals surface area contributed by atoms with Crippen molar-refractivity contribution in [2.75, 3.05) is 13.7 Å². The lowest BCUT2D eigenvalue weighted by atomic mass is 9.96. The Morgan fingerprint density at radius 1 is 1.04 bits per heavy atom. The van der Waals surface area contributed by atoms with Crippen molar-refractivity contribution < 1.29 is 28.1 Å². The predicted molar refractivity (Wildman–Crippen MR) is 93.5 cm³/mol. The highest BCUT2D eigenvalue weighted by molar-refractivity contribution is 5.81. The van der Waals surface area contributed by atoms with E-state index in [9.17, 15) is 23.4 Å². The van der Waals surface area contributed by atoms with E-state index in [1.807, 2.05) is 0 Å². The van der Waals surface area contributed by atoms with Crippen molar-refractivity contribution in [1.29, 1.82) is 0 Å². The highest BCUT2D eigenvalue weighted by Gasteiger charge is 2.34. The SMILES string of the molecule is COCCCn1nnnc1-c1cc(-c2ccccc2C(F)(F)F)c(O)cc1O. The number of aryl methyl sites for hydroxylation is 1. The number of aromatic nitrogens is 4. The van der Waals surface area contributed by atoms with Crippen LogP contribution in [-0.2, 0) is 17.5 Å². The number of ether oxygens (including phenoxy) is 1. The number of tetrazole rings is 1. The van der Waals surface area contributed by atoms with Gasteiger partial charge in [0.2, 0.25) is 0 Å². The topological polar surface area (TPSA) is 93.3 Å². The molecular formula is C18H17F3N4O3. The molecule has 0 saturated heterocycles. The second kappa shape index (κ2) is 7.85. The molecule has 0 saturated carbocycles. The monoisotopic (exact) mass is 394 g/mol. The molecule has 0 atom stereocenters. The van der Waals surface area contributed by atoms with Crippen molar-refractivity contribution in [3.8, 4) is 34.0 Å². The Bertz CT molecular complexity index is 973. The number of hydrogen-bond donors (Lipinski definition) is 2. The average Bonchev–Trinajstić information content (AvgIpc) is 3.10. The van der Waals surface area contributed by atoms with Gasteiger partial charge in [-0.15, -0.1) is 5.10 Å². The molecule has 1 aromatic heterocycles. The first-order valence-electron chi connectivity index (χ1n) is 8.31. The summed E-state index contributed by atoms with van der Waals surface area (Å²) in [5, 5.41) is 31.7. The first-order chi connectivity index (χ1) is 13.3. The fourth-order valence-electron chi connectivity index (χ4n) is 2.84. The van der Waals surface area contributed by atoms with Crippen LogP contribution in [0.4, 0.5) is 13.2 Å². The molecule has 3 aromatic rings. The Kier molecular flexibility index (Phi) is 5.50. The highest BCUT2D eigenvalue weighted by Crippen LogP contribution is 2.43. The summed E-state index contributed by atoms with van der Waals surface area (Å²) in [6.45, 7) is 0.843. The summed E-state index contributed by atoms with van der Waals surface area (Å²) < 4.78 is 46.5. The summed E-state index contributed by atoms with van der Waals surface area (Å²) in [5.41, 5.74) is -1.10. The van der Waals surface area contributed by atoms with Gasteiger partial charge < -0.3 is 14.9 Å². The number of alkyl halides is 3. The number of hydrogen-bond acceptors (Lipinski definition) is 6. The number of nitrogens with zero attached hydrogens (tertiary/aromatic N) is 4. The van der Waals surface area contributed by atoms with Crippen LogP contribution in [-0.4, -0.2) is 44.1 Å². The molecule has 10 heteroatoms. The van der Waals surface area contributed by atoms with Gasteiger partial charge in [0, 0.05) is 31.9 Å². The summed E-state index contributed by atoms with van der Waals surface area (Å²) in [5.74, 6) is -0.677. The van der Waals surface area contributed by atoms with E-state index in [4.69, 9.17) is 4.74 Å². The zero-order chi connectivity index (χ0) is 20.3. The lowest BCUT2D eigenvalue weighted by molar-refractivity contribution is -0.137. The lowest BCUT2D eigenvalue weighted by Gasteiger charge is -2.15. The minimum absolute atomic E-state index is 0.0906. The molecule has 0 unspecified atom stereocenters. The molecule has 0 aliphatic heterocycles. The molecule has 0 aliphatic rings. The van der Waals surface area contributed by atoms with E-state index in [0.717, 1.165) is 12.1 Å². The smallest absolute Gasteiger partial charge is 0.417 e. The number of rotatable bonds is 6. The van der Waals surface area contributed by atoms with Gasteiger partial charge in [-0.2, -0.15) is 13.2 Å². The number of phenols is 2. The number of benzene rings is 2. The van der Waals surface area contributed by atoms with Crippen molar-refractivity contribution in [2.24, 2.45) is 0 Å². The van der Waals surface area contributed by atoms with Crippen LogP contribution in [0.25, 0.3) is 22.5 Å². The zero-order valence-corrected chi connectivity index (χ0v) is 14.8. The summed E-state index contributed by atoms with van der Waals surface area (Å²) in [4.78, 5) is 0. The molecule has 28 heavy (non-hydrogen) atoms. The van der Waals surface area contributed by atoms with E-state index in [1.54, 1.807) is 7.11 Å². The van der Waals surface area contributed by atoms with Crippen LogP contribution in [0.5, 0.6) is 11.5 Å². The summed E-state index contributed by atoms with van der Waals surface area (Å²) in [7, 11) is 1.55. The fraction of sp³-hybridized carbons (Fsp3) is 0.278. The summed E-state index contributed by atoms with van der Waals surface area (Å²) in [6, 6.07) is 7.10. The molecule has 2 N–H and O–H groups in total. The summed E-state index contributed by atoms with van der Waals surface area (Å²) in [6.07, 6.45) is -4.01. The van der Waals surface area contributed by atoms with Crippen LogP contribution in [0.1, 0.15) is 12.0 Å². The van der Waals surface area contributed by atoms with Gasteiger partial charge in [0.25, 0.3) is 0 Å². The molecular weight excluding hydrogens is 377 g/mol. The van der Waals surface area contributed by atoms with Crippen molar-refractivity contribution >= 4 is 0 Å². The second-order valence-electron chi connectivity index (χ2n) is 6.00. The third kappa shape index (κ3) is 3.91. The van der Waals surface area contributed by atoms with Gasteiger partial charge in [0.15, 0.2) is 5.82 Å². The minimum atomic E-state index is -4.61. The van der Waals surface area contributed by atoms with Crippen molar-refractivity contribution in [3.05, 3.63) is 42.0 Å². The molecule has 0 amide bonds. The number of phenolic OH excluding ortho intramolecular Hbond substituents is 2. The van der Waals surface area contributed by atoms with Gasteiger partial charge in [0.1, 0.15) is 11.5 Å². The Labute approximate surface area is 158 Å². The lowest BCUT2D eigenvalue weighted by Crippen LogP contribution is -2.07. The maximum atomic E-state index is 13.4. The standard InChI is InChI=1S/C18H17F3N4O3/c1-28-8-4-7-25-17(22-23-24-25)13-9-12(15(26)10-16(13)27)11-5-2-3-6-14(11)18(19,20)21/h2-3,5-6,9-10,26-27H,4,7-8H2,1H3. The van der Waals surface area contributed by atoms with E-state index in [1.165, 1.54) is 28.9 Å². The number of halogens is 3. The van der Waals surface area contributed by atoms with Crippen LogP contribution in [0.3, 0.4) is 0 Å². The molecule has 0 fully saturated rings. The average molecular weight is 394 g/mol. The molecule has 3 rings (SSSR count). The van der Waals surface area contributed by atoms with Gasteiger partial charge in [-0.05, 0) is 34.5 Å². The van der Waals surface area contributed by atoms with Crippen LogP contribution >= 0.6 is 0 Å². The molecule has 0 spiro atoms. The van der Waals surface area contributed by atoms with E-state index in [-0.39, 0.29) is 28.3 Å². The Balaban J connectivity index is 2.11. The van der Waals surface area contributed by atoms with Gasteiger partial charge in [-0.3, -0.25) is 0 Å². The zero-order valence-electron chi connectivity index (χ0n) is 14.8. The van der Waals surface area contributed by atoms with Gasteiger partial charge in [0.05, 0.1) is 11.1 Å². The molecule has 7 nitrogen and oxygen atoms in total. The molecule has 0 radical (unpaired) electrons. The van der Waals surface area contributed by atoms with Crippen molar-refractivity contribution in [3.63, 3.8) is 0 Å². The Hall–Kier alpha value is -3.14. The molecule has 0 bridgehead atoms. The van der Waals surface area contributed by atoms with E-state index in [2.05, 4.69) is 15.5 Å². The largest absolute Gasteiger partial charge is 0.507 e. The fourth-order valence-corrected chi connectivity index (χ4v) is 2.84. The Morgan fingerprint density at radius 3 is 2.46 bits per heavy atom. The van der Waals surface area contributed by atoms with E-state index in [0.29, 0.717) is 19.6 Å². The van der Waals surface area contributed by atoms with E-state index >= 15 is 0 Å². The van der Waals surface area contributed by atoms with Crippen molar-refractivity contribution in [2.45, 2.75) is 19.1 Å². The summed E-state index contributed by atoms with van der Waals surface area (Å²) >= 11 is 0. The minimum Gasteiger partial charge on any atom is -0.507 e. The molecule has 148 valence electrons. The van der Waals surface area contributed by atoms with Gasteiger partial charge >= 0.3 is 6.18 Å². The van der Waals surface area contributed by atoms with Crippen LogP contribution in [0.2, 0.25) is 0 Å². The van der Waals surface area contributed by atoms with Crippen LogP contribution < -0.4 is 0 Å². The van der Waals surface area contributed by atoms with Gasteiger partial charge in [-0.25, -0.2) is 4.68 Å². The van der Waals surface area contributed by atoms with Crippen LogP contribution in [0.15, 0.2) is 36.4 Å². The molecule has 1 heterocycles. The maximum Gasteiger partial charge on any atom is 0.417 e. The highest BCUT2D eigenvalue weighted by atomic mass is 19.4. The van der Waals surface area contributed by atoms with E-state index < -0.39 is 17.5 Å². The first kappa shape index (κ1) is 19.6. The normalized spacial score (nSPS) is 11.7. The third-order valence-electron chi connectivity index (χ3n) is 4.13. The second-order valence-corrected chi connectivity index (χ2v) is 6.00. The van der Waals surface area contributed by atoms with Gasteiger partial charge in [-0.1, -0.05) is 18.2 Å². The van der Waals surface area contributed by atoms with Crippen LogP contribution in [0, 0.1) is 0 Å². The molecule has 0 aliphatic carbocycles.